The van der Waals surface area contributed by atoms with E-state index in [4.69, 9.17) is 9.40 Å². The molecule has 0 saturated carbocycles. The number of para-hydroxylation sites is 1. The molecule has 114 valence electrons. The van der Waals surface area contributed by atoms with Crippen LogP contribution in [0.5, 0.6) is 0 Å². The predicted octanol–water partition coefficient (Wildman–Crippen LogP) is 5.19. The van der Waals surface area contributed by atoms with E-state index < -0.39 is 8.07 Å². The monoisotopic (exact) mass is 317 g/mol. The molecule has 0 amide bonds. The molecule has 0 saturated heterocycles. The number of pyridine rings is 1. The van der Waals surface area contributed by atoms with E-state index in [9.17, 15) is 0 Å². The summed E-state index contributed by atoms with van der Waals surface area (Å²) >= 11 is 0. The van der Waals surface area contributed by atoms with Crippen molar-refractivity contribution in [2.24, 2.45) is 0 Å². The van der Waals surface area contributed by atoms with Crippen LogP contribution >= 0.6 is 0 Å². The second-order valence-corrected chi connectivity index (χ2v) is 12.0. The maximum Gasteiger partial charge on any atom is 0.139 e. The summed E-state index contributed by atoms with van der Waals surface area (Å²) in [5, 5.41) is 3.69. The fourth-order valence-corrected chi connectivity index (χ4v) is 4.82. The summed E-state index contributed by atoms with van der Waals surface area (Å²) < 4.78 is 6.01. The summed E-state index contributed by atoms with van der Waals surface area (Å²) in [6, 6.07) is 18.8. The fourth-order valence-electron chi connectivity index (χ4n) is 3.22. The maximum atomic E-state index is 6.01. The van der Waals surface area contributed by atoms with Gasteiger partial charge in [0.1, 0.15) is 11.2 Å². The molecule has 4 rings (SSSR count). The zero-order chi connectivity index (χ0) is 16.0. The SMILES string of the molecule is C[Si](C)(C)c1ccccc1-c1nccc2oc3ccccc3c12. The van der Waals surface area contributed by atoms with Crippen LogP contribution in [0.15, 0.2) is 65.2 Å². The van der Waals surface area contributed by atoms with Gasteiger partial charge in [0, 0.05) is 17.1 Å². The normalized spacial score (nSPS) is 12.1. The molecule has 2 aromatic carbocycles. The fraction of sp³-hybridized carbons (Fsp3) is 0.150. The van der Waals surface area contributed by atoms with Gasteiger partial charge in [0.05, 0.1) is 19.2 Å². The van der Waals surface area contributed by atoms with Gasteiger partial charge in [-0.25, -0.2) is 0 Å². The van der Waals surface area contributed by atoms with Crippen molar-refractivity contribution >= 4 is 35.2 Å². The van der Waals surface area contributed by atoms with Crippen molar-refractivity contribution in [2.75, 3.05) is 0 Å². The first-order chi connectivity index (χ1) is 11.1. The predicted molar refractivity (Wildman–Crippen MR) is 99.9 cm³/mol. The topological polar surface area (TPSA) is 26.0 Å². The van der Waals surface area contributed by atoms with Crippen LogP contribution < -0.4 is 5.19 Å². The minimum absolute atomic E-state index is 0.904. The molecular weight excluding hydrogens is 298 g/mol. The number of rotatable bonds is 2. The van der Waals surface area contributed by atoms with Gasteiger partial charge in [0.25, 0.3) is 0 Å². The average Bonchev–Trinajstić information content (AvgIpc) is 2.92. The van der Waals surface area contributed by atoms with Crippen molar-refractivity contribution in [3.05, 3.63) is 60.8 Å². The van der Waals surface area contributed by atoms with Crippen LogP contribution in [0.2, 0.25) is 19.6 Å². The van der Waals surface area contributed by atoms with Gasteiger partial charge in [-0.1, -0.05) is 67.3 Å². The highest BCUT2D eigenvalue weighted by molar-refractivity contribution is 6.89. The number of hydrogen-bond donors (Lipinski definition) is 0. The van der Waals surface area contributed by atoms with Crippen LogP contribution in [-0.4, -0.2) is 13.1 Å². The van der Waals surface area contributed by atoms with Crippen LogP contribution in [0.1, 0.15) is 0 Å². The number of hydrogen-bond acceptors (Lipinski definition) is 2. The molecule has 0 unspecified atom stereocenters. The molecule has 3 heteroatoms. The van der Waals surface area contributed by atoms with Gasteiger partial charge in [-0.2, -0.15) is 0 Å². The van der Waals surface area contributed by atoms with Crippen molar-refractivity contribution in [3.8, 4) is 11.3 Å². The van der Waals surface area contributed by atoms with Crippen LogP contribution in [0.4, 0.5) is 0 Å². The summed E-state index contributed by atoms with van der Waals surface area (Å²) in [6.07, 6.45) is 1.85. The Hall–Kier alpha value is -2.39. The molecule has 2 aromatic heterocycles. The summed E-state index contributed by atoms with van der Waals surface area (Å²) in [6.45, 7) is 7.12. The summed E-state index contributed by atoms with van der Waals surface area (Å²) in [5.41, 5.74) is 4.10. The molecule has 23 heavy (non-hydrogen) atoms. The van der Waals surface area contributed by atoms with Crippen molar-refractivity contribution < 1.29 is 4.42 Å². The van der Waals surface area contributed by atoms with Crippen LogP contribution in [0, 0.1) is 0 Å². The third-order valence-corrected chi connectivity index (χ3v) is 6.33. The van der Waals surface area contributed by atoms with Crippen molar-refractivity contribution in [3.63, 3.8) is 0 Å². The lowest BCUT2D eigenvalue weighted by atomic mass is 10.1. The highest BCUT2D eigenvalue weighted by Gasteiger charge is 2.23. The molecule has 0 aliphatic heterocycles. The zero-order valence-corrected chi connectivity index (χ0v) is 14.6. The van der Waals surface area contributed by atoms with Crippen LogP contribution in [-0.2, 0) is 0 Å². The Kier molecular flexibility index (Phi) is 3.13. The highest BCUT2D eigenvalue weighted by atomic mass is 28.3. The lowest BCUT2D eigenvalue weighted by molar-refractivity contribution is 0.668. The first-order valence-corrected chi connectivity index (χ1v) is 11.4. The average molecular weight is 317 g/mol. The Labute approximate surface area is 136 Å². The highest BCUT2D eigenvalue weighted by Crippen LogP contribution is 2.34. The molecule has 0 spiro atoms. The number of furan rings is 1. The minimum atomic E-state index is -1.47. The van der Waals surface area contributed by atoms with E-state index in [1.54, 1.807) is 0 Å². The van der Waals surface area contributed by atoms with Gasteiger partial charge in [0.15, 0.2) is 0 Å². The molecular formula is C20H19NOSi. The van der Waals surface area contributed by atoms with Crippen molar-refractivity contribution in [1.82, 2.24) is 4.98 Å². The van der Waals surface area contributed by atoms with Crippen LogP contribution in [0.3, 0.4) is 0 Å². The van der Waals surface area contributed by atoms with Crippen molar-refractivity contribution in [2.45, 2.75) is 19.6 Å². The van der Waals surface area contributed by atoms with Gasteiger partial charge < -0.3 is 4.42 Å². The maximum absolute atomic E-state index is 6.01. The molecule has 0 fully saturated rings. The summed E-state index contributed by atoms with van der Waals surface area (Å²) in [5.74, 6) is 0. The van der Waals surface area contributed by atoms with Gasteiger partial charge >= 0.3 is 0 Å². The summed E-state index contributed by atoms with van der Waals surface area (Å²) in [4.78, 5) is 4.74. The van der Waals surface area contributed by atoms with E-state index in [1.807, 2.05) is 24.4 Å². The van der Waals surface area contributed by atoms with Crippen molar-refractivity contribution in [1.29, 1.82) is 0 Å². The van der Waals surface area contributed by atoms with E-state index in [0.717, 1.165) is 27.6 Å². The molecule has 2 heterocycles. The lowest BCUT2D eigenvalue weighted by Crippen LogP contribution is -2.38. The molecule has 2 nitrogen and oxygen atoms in total. The Morgan fingerprint density at radius 2 is 1.57 bits per heavy atom. The first-order valence-electron chi connectivity index (χ1n) is 7.92. The molecule has 0 aliphatic carbocycles. The second-order valence-electron chi connectivity index (χ2n) is 6.93. The van der Waals surface area contributed by atoms with Gasteiger partial charge in [0.2, 0.25) is 0 Å². The van der Waals surface area contributed by atoms with E-state index in [0.29, 0.717) is 0 Å². The minimum Gasteiger partial charge on any atom is -0.456 e. The molecule has 0 atom stereocenters. The third kappa shape index (κ3) is 2.28. The second kappa shape index (κ2) is 5.07. The quantitative estimate of drug-likeness (QED) is 0.475. The standard InChI is InChI=1S/C20H19NOSi/c1-23(2,3)18-11-7-5-9-15(18)20-19-14-8-4-6-10-16(14)22-17(19)12-13-21-20/h4-13H,1-3H3. The van der Waals surface area contributed by atoms with E-state index in [1.165, 1.54) is 10.8 Å². The molecule has 0 radical (unpaired) electrons. The van der Waals surface area contributed by atoms with Gasteiger partial charge in [-0.3, -0.25) is 4.98 Å². The number of benzene rings is 2. The van der Waals surface area contributed by atoms with Gasteiger partial charge in [-0.05, 0) is 12.1 Å². The number of nitrogens with zero attached hydrogens (tertiary/aromatic N) is 1. The molecule has 4 aromatic rings. The zero-order valence-electron chi connectivity index (χ0n) is 13.6. The number of aromatic nitrogens is 1. The Morgan fingerprint density at radius 1 is 0.826 bits per heavy atom. The third-order valence-electron chi connectivity index (χ3n) is 4.28. The summed E-state index contributed by atoms with van der Waals surface area (Å²) in [7, 11) is -1.47. The molecule has 0 N–H and O–H groups in total. The van der Waals surface area contributed by atoms with Gasteiger partial charge in [-0.15, -0.1) is 0 Å². The Bertz CT molecular complexity index is 1010. The smallest absolute Gasteiger partial charge is 0.139 e. The lowest BCUT2D eigenvalue weighted by Gasteiger charge is -2.20. The molecule has 0 aliphatic rings. The Morgan fingerprint density at radius 3 is 2.39 bits per heavy atom. The molecule has 0 bridgehead atoms. The largest absolute Gasteiger partial charge is 0.456 e. The van der Waals surface area contributed by atoms with Crippen LogP contribution in [0.25, 0.3) is 33.2 Å². The Balaban J connectivity index is 2.12. The van der Waals surface area contributed by atoms with E-state index in [-0.39, 0.29) is 0 Å². The first kappa shape index (κ1) is 14.2. The number of fused-ring (bicyclic) bond motifs is 3. The van der Waals surface area contributed by atoms with E-state index >= 15 is 0 Å². The van der Waals surface area contributed by atoms with E-state index in [2.05, 4.69) is 56.0 Å².